The van der Waals surface area contributed by atoms with E-state index in [1.54, 1.807) is 7.11 Å². The maximum absolute atomic E-state index is 11.4. The van der Waals surface area contributed by atoms with Gasteiger partial charge >= 0.3 is 5.97 Å². The summed E-state index contributed by atoms with van der Waals surface area (Å²) in [7, 11) is 1.67. The molecule has 0 aromatic heterocycles. The van der Waals surface area contributed by atoms with Crippen LogP contribution in [0, 0.1) is 5.92 Å². The van der Waals surface area contributed by atoms with E-state index in [0.717, 1.165) is 25.7 Å². The Morgan fingerprint density at radius 3 is 2.82 bits per heavy atom. The monoisotopic (exact) mass is 244 g/mol. The summed E-state index contributed by atoms with van der Waals surface area (Å²) in [6.45, 7) is 3.60. The van der Waals surface area contributed by atoms with Crippen molar-refractivity contribution < 1.29 is 19.0 Å². The quantitative estimate of drug-likeness (QED) is 0.508. The van der Waals surface area contributed by atoms with E-state index in [0.29, 0.717) is 38.3 Å². The SMILES string of the molecule is CCOC(=O)CC1CCCC(OCCOC)C1. The Hall–Kier alpha value is -0.610. The number of ether oxygens (including phenoxy) is 3. The Morgan fingerprint density at radius 1 is 1.29 bits per heavy atom. The smallest absolute Gasteiger partial charge is 0.306 e. The van der Waals surface area contributed by atoms with Crippen LogP contribution >= 0.6 is 0 Å². The summed E-state index contributed by atoms with van der Waals surface area (Å²) in [6, 6.07) is 0. The average molecular weight is 244 g/mol. The molecule has 0 heterocycles. The highest BCUT2D eigenvalue weighted by Crippen LogP contribution is 2.28. The number of hydrogen-bond acceptors (Lipinski definition) is 4. The summed E-state index contributed by atoms with van der Waals surface area (Å²) in [4.78, 5) is 11.4. The first-order valence-electron chi connectivity index (χ1n) is 6.52. The molecule has 0 saturated heterocycles. The lowest BCUT2D eigenvalue weighted by Crippen LogP contribution is -2.26. The van der Waals surface area contributed by atoms with E-state index in [2.05, 4.69) is 0 Å². The van der Waals surface area contributed by atoms with Crippen molar-refractivity contribution >= 4 is 5.97 Å². The Bertz CT molecular complexity index is 217. The molecule has 1 saturated carbocycles. The number of carbonyl (C=O) groups excluding carboxylic acids is 1. The summed E-state index contributed by atoms with van der Waals surface area (Å²) < 4.78 is 15.7. The summed E-state index contributed by atoms with van der Waals surface area (Å²) in [5, 5.41) is 0. The highest BCUT2D eigenvalue weighted by atomic mass is 16.5. The largest absolute Gasteiger partial charge is 0.466 e. The van der Waals surface area contributed by atoms with Gasteiger partial charge in [0.25, 0.3) is 0 Å². The van der Waals surface area contributed by atoms with Crippen LogP contribution in [0.1, 0.15) is 39.0 Å². The molecule has 1 aliphatic rings. The summed E-state index contributed by atoms with van der Waals surface area (Å²) in [6.07, 6.45) is 5.16. The highest BCUT2D eigenvalue weighted by molar-refractivity contribution is 5.69. The molecule has 1 rings (SSSR count). The van der Waals surface area contributed by atoms with Crippen LogP contribution in [0.15, 0.2) is 0 Å². The van der Waals surface area contributed by atoms with Crippen molar-refractivity contribution in [3.8, 4) is 0 Å². The van der Waals surface area contributed by atoms with Gasteiger partial charge in [0, 0.05) is 13.5 Å². The van der Waals surface area contributed by atoms with Gasteiger partial charge in [-0.3, -0.25) is 4.79 Å². The number of esters is 1. The van der Waals surface area contributed by atoms with E-state index >= 15 is 0 Å². The highest BCUT2D eigenvalue weighted by Gasteiger charge is 2.24. The molecule has 2 unspecified atom stereocenters. The molecular formula is C13H24O4. The zero-order valence-electron chi connectivity index (χ0n) is 10.9. The summed E-state index contributed by atoms with van der Waals surface area (Å²) >= 11 is 0. The zero-order chi connectivity index (χ0) is 12.5. The predicted octanol–water partition coefficient (Wildman–Crippen LogP) is 2.16. The Labute approximate surface area is 104 Å². The molecule has 1 fully saturated rings. The molecule has 0 spiro atoms. The van der Waals surface area contributed by atoms with E-state index in [1.807, 2.05) is 6.92 Å². The van der Waals surface area contributed by atoms with Crippen molar-refractivity contribution in [3.63, 3.8) is 0 Å². The van der Waals surface area contributed by atoms with Crippen LogP contribution in [-0.2, 0) is 19.0 Å². The van der Waals surface area contributed by atoms with Crippen molar-refractivity contribution in [2.75, 3.05) is 26.9 Å². The molecule has 2 atom stereocenters. The summed E-state index contributed by atoms with van der Waals surface area (Å²) in [5.74, 6) is 0.352. The standard InChI is InChI=1S/C13H24O4/c1-3-16-13(14)10-11-5-4-6-12(9-11)17-8-7-15-2/h11-12H,3-10H2,1-2H3. The molecule has 100 valence electrons. The van der Waals surface area contributed by atoms with Gasteiger partial charge in [0.1, 0.15) is 0 Å². The van der Waals surface area contributed by atoms with Crippen LogP contribution in [0.5, 0.6) is 0 Å². The second-order valence-corrected chi connectivity index (χ2v) is 4.53. The molecule has 0 aliphatic heterocycles. The minimum absolute atomic E-state index is 0.0740. The van der Waals surface area contributed by atoms with Gasteiger partial charge in [-0.25, -0.2) is 0 Å². The van der Waals surface area contributed by atoms with Crippen molar-refractivity contribution in [2.45, 2.75) is 45.1 Å². The number of hydrogen-bond donors (Lipinski definition) is 0. The molecule has 0 aromatic carbocycles. The Balaban J connectivity index is 2.21. The van der Waals surface area contributed by atoms with E-state index in [9.17, 15) is 4.79 Å². The third-order valence-electron chi connectivity index (χ3n) is 3.14. The van der Waals surface area contributed by atoms with Crippen molar-refractivity contribution in [1.29, 1.82) is 0 Å². The molecule has 0 aromatic rings. The molecule has 0 amide bonds. The van der Waals surface area contributed by atoms with E-state index < -0.39 is 0 Å². The third-order valence-corrected chi connectivity index (χ3v) is 3.14. The zero-order valence-corrected chi connectivity index (χ0v) is 10.9. The maximum Gasteiger partial charge on any atom is 0.306 e. The fraction of sp³-hybridized carbons (Fsp3) is 0.923. The van der Waals surface area contributed by atoms with E-state index in [4.69, 9.17) is 14.2 Å². The number of methoxy groups -OCH3 is 1. The molecule has 0 N–H and O–H groups in total. The van der Waals surface area contributed by atoms with E-state index in [-0.39, 0.29) is 5.97 Å². The van der Waals surface area contributed by atoms with Crippen LogP contribution in [0.25, 0.3) is 0 Å². The van der Waals surface area contributed by atoms with Crippen molar-refractivity contribution in [2.24, 2.45) is 5.92 Å². The van der Waals surface area contributed by atoms with Crippen LogP contribution in [0.4, 0.5) is 0 Å². The first kappa shape index (κ1) is 14.5. The lowest BCUT2D eigenvalue weighted by atomic mass is 9.85. The van der Waals surface area contributed by atoms with Crippen LogP contribution in [0.2, 0.25) is 0 Å². The fourth-order valence-electron chi connectivity index (χ4n) is 2.33. The third kappa shape index (κ3) is 6.03. The molecule has 0 radical (unpaired) electrons. The molecule has 4 nitrogen and oxygen atoms in total. The lowest BCUT2D eigenvalue weighted by Gasteiger charge is -2.28. The minimum atomic E-state index is -0.0740. The van der Waals surface area contributed by atoms with Gasteiger partial charge in [-0.1, -0.05) is 6.42 Å². The predicted molar refractivity (Wildman–Crippen MR) is 64.8 cm³/mol. The van der Waals surface area contributed by atoms with Crippen molar-refractivity contribution in [3.05, 3.63) is 0 Å². The van der Waals surface area contributed by atoms with Crippen molar-refractivity contribution in [1.82, 2.24) is 0 Å². The van der Waals surface area contributed by atoms with Gasteiger partial charge in [-0.15, -0.1) is 0 Å². The van der Waals surface area contributed by atoms with Gasteiger partial charge in [0.15, 0.2) is 0 Å². The fourth-order valence-corrected chi connectivity index (χ4v) is 2.33. The topological polar surface area (TPSA) is 44.8 Å². The lowest BCUT2D eigenvalue weighted by molar-refractivity contribution is -0.144. The van der Waals surface area contributed by atoms with Gasteiger partial charge < -0.3 is 14.2 Å². The Morgan fingerprint density at radius 2 is 2.12 bits per heavy atom. The van der Waals surface area contributed by atoms with Gasteiger partial charge in [-0.2, -0.15) is 0 Å². The molecule has 4 heteroatoms. The first-order valence-corrected chi connectivity index (χ1v) is 6.52. The second kappa shape index (κ2) is 8.48. The number of carbonyl (C=O) groups is 1. The van der Waals surface area contributed by atoms with Crippen LogP contribution < -0.4 is 0 Å². The second-order valence-electron chi connectivity index (χ2n) is 4.53. The normalized spacial score (nSPS) is 24.6. The first-order chi connectivity index (χ1) is 8.26. The number of rotatable bonds is 7. The molecule has 0 bridgehead atoms. The summed E-state index contributed by atoms with van der Waals surface area (Å²) in [5.41, 5.74) is 0. The molecule has 1 aliphatic carbocycles. The van der Waals surface area contributed by atoms with Gasteiger partial charge in [-0.05, 0) is 32.1 Å². The molecule has 17 heavy (non-hydrogen) atoms. The average Bonchev–Trinajstić information content (AvgIpc) is 2.30. The van der Waals surface area contributed by atoms with Crippen LogP contribution in [0.3, 0.4) is 0 Å². The van der Waals surface area contributed by atoms with Gasteiger partial charge in [0.2, 0.25) is 0 Å². The van der Waals surface area contributed by atoms with E-state index in [1.165, 1.54) is 0 Å². The van der Waals surface area contributed by atoms with Gasteiger partial charge in [0.05, 0.1) is 25.9 Å². The molecular weight excluding hydrogens is 220 g/mol. The maximum atomic E-state index is 11.4. The van der Waals surface area contributed by atoms with Crippen LogP contribution in [-0.4, -0.2) is 39.0 Å². The minimum Gasteiger partial charge on any atom is -0.466 e. The Kier molecular flexibility index (Phi) is 7.21.